The summed E-state index contributed by atoms with van der Waals surface area (Å²) in [5.74, 6) is 1.84. The van der Waals surface area contributed by atoms with Crippen molar-refractivity contribution < 1.29 is 14.6 Å². The molecule has 4 nitrogen and oxygen atoms in total. The molecule has 104 valence electrons. The Labute approximate surface area is 113 Å². The van der Waals surface area contributed by atoms with Crippen LogP contribution in [0.4, 0.5) is 0 Å². The second-order valence-electron chi connectivity index (χ2n) is 5.12. The van der Waals surface area contributed by atoms with Gasteiger partial charge in [-0.3, -0.25) is 9.69 Å². The molecule has 1 unspecified atom stereocenters. The molecular formula is C13H23NO3S. The third-order valence-corrected chi connectivity index (χ3v) is 5.00. The van der Waals surface area contributed by atoms with E-state index in [1.165, 1.54) is 24.3 Å². The summed E-state index contributed by atoms with van der Waals surface area (Å²) < 4.78 is 5.62. The molecule has 0 bridgehead atoms. The number of thioether (sulfide) groups is 1. The first-order valence-corrected chi connectivity index (χ1v) is 8.06. The lowest BCUT2D eigenvalue weighted by Gasteiger charge is -2.38. The minimum absolute atomic E-state index is 0.124. The molecule has 1 atom stereocenters. The maximum atomic E-state index is 10.4. The summed E-state index contributed by atoms with van der Waals surface area (Å²) in [4.78, 5) is 13.0. The molecule has 5 heteroatoms. The van der Waals surface area contributed by atoms with Crippen LogP contribution in [0.15, 0.2) is 0 Å². The molecular weight excluding hydrogens is 250 g/mol. The fraction of sp³-hybridized carbons (Fsp3) is 0.923. The van der Waals surface area contributed by atoms with Gasteiger partial charge >= 0.3 is 5.97 Å². The van der Waals surface area contributed by atoms with Crippen molar-refractivity contribution in [3.05, 3.63) is 0 Å². The Morgan fingerprint density at radius 2 is 2.11 bits per heavy atom. The molecule has 1 N–H and O–H groups in total. The normalized spacial score (nSPS) is 27.2. The fourth-order valence-corrected chi connectivity index (χ4v) is 3.92. The Kier molecular flexibility index (Phi) is 5.79. The summed E-state index contributed by atoms with van der Waals surface area (Å²) >= 11 is 2.08. The first-order valence-electron chi connectivity index (χ1n) is 6.91. The van der Waals surface area contributed by atoms with Gasteiger partial charge in [0.25, 0.3) is 0 Å². The molecule has 2 fully saturated rings. The highest BCUT2D eigenvalue weighted by Crippen LogP contribution is 2.25. The standard InChI is InChI=1S/C13H23NO3S/c15-13(16)5-8-17-12-3-6-14(7-4-12)11-2-1-9-18-10-11/h11-12H,1-10H2,(H,15,16). The van der Waals surface area contributed by atoms with Gasteiger partial charge in [-0.25, -0.2) is 0 Å². The lowest BCUT2D eigenvalue weighted by atomic mass is 10.0. The molecule has 18 heavy (non-hydrogen) atoms. The molecule has 2 saturated heterocycles. The number of hydrogen-bond donors (Lipinski definition) is 1. The number of ether oxygens (including phenoxy) is 1. The lowest BCUT2D eigenvalue weighted by Crippen LogP contribution is -2.45. The predicted molar refractivity (Wildman–Crippen MR) is 73.1 cm³/mol. The molecule has 0 spiro atoms. The lowest BCUT2D eigenvalue weighted by molar-refractivity contribution is -0.138. The van der Waals surface area contributed by atoms with Crippen molar-refractivity contribution in [2.24, 2.45) is 0 Å². The molecule has 0 radical (unpaired) electrons. The van der Waals surface area contributed by atoms with Crippen molar-refractivity contribution in [1.29, 1.82) is 0 Å². The first-order chi connectivity index (χ1) is 8.75. The number of likely N-dealkylation sites (tertiary alicyclic amines) is 1. The Morgan fingerprint density at radius 1 is 1.33 bits per heavy atom. The van der Waals surface area contributed by atoms with Crippen LogP contribution in [0.5, 0.6) is 0 Å². The third-order valence-electron chi connectivity index (χ3n) is 3.80. The Bertz CT molecular complexity index is 261. The van der Waals surface area contributed by atoms with E-state index < -0.39 is 5.97 Å². The molecule has 2 aliphatic heterocycles. The van der Waals surface area contributed by atoms with Crippen LogP contribution in [0, 0.1) is 0 Å². The minimum Gasteiger partial charge on any atom is -0.481 e. The molecule has 0 aromatic rings. The van der Waals surface area contributed by atoms with Gasteiger partial charge in [0.1, 0.15) is 0 Å². The zero-order valence-electron chi connectivity index (χ0n) is 10.8. The van der Waals surface area contributed by atoms with Crippen LogP contribution >= 0.6 is 11.8 Å². The van der Waals surface area contributed by atoms with Crippen molar-refractivity contribution in [3.63, 3.8) is 0 Å². The maximum absolute atomic E-state index is 10.4. The average Bonchev–Trinajstić information content (AvgIpc) is 2.40. The van der Waals surface area contributed by atoms with Gasteiger partial charge in [-0.05, 0) is 31.4 Å². The summed E-state index contributed by atoms with van der Waals surface area (Å²) in [6.45, 7) is 2.59. The van der Waals surface area contributed by atoms with Gasteiger partial charge in [0.2, 0.25) is 0 Å². The van der Waals surface area contributed by atoms with Gasteiger partial charge < -0.3 is 9.84 Å². The molecule has 0 amide bonds. The number of carboxylic acid groups (broad SMARTS) is 1. The highest BCUT2D eigenvalue weighted by atomic mass is 32.2. The van der Waals surface area contributed by atoms with E-state index in [1.807, 2.05) is 0 Å². The van der Waals surface area contributed by atoms with E-state index in [0.29, 0.717) is 6.61 Å². The van der Waals surface area contributed by atoms with Gasteiger partial charge in [-0.15, -0.1) is 0 Å². The summed E-state index contributed by atoms with van der Waals surface area (Å²) in [7, 11) is 0. The highest BCUT2D eigenvalue weighted by molar-refractivity contribution is 7.99. The van der Waals surface area contributed by atoms with E-state index in [1.54, 1.807) is 0 Å². The van der Waals surface area contributed by atoms with E-state index in [2.05, 4.69) is 16.7 Å². The quantitative estimate of drug-likeness (QED) is 0.828. The van der Waals surface area contributed by atoms with Crippen molar-refractivity contribution in [1.82, 2.24) is 4.90 Å². The Balaban J connectivity index is 1.63. The summed E-state index contributed by atoms with van der Waals surface area (Å²) in [5.41, 5.74) is 0. The molecule has 2 aliphatic rings. The van der Waals surface area contributed by atoms with Crippen LogP contribution in [0.25, 0.3) is 0 Å². The SMILES string of the molecule is O=C(O)CCOC1CCN(C2CCCSC2)CC1. The van der Waals surface area contributed by atoms with Crippen LogP contribution in [0.1, 0.15) is 32.1 Å². The predicted octanol–water partition coefficient (Wildman–Crippen LogP) is 1.84. The second kappa shape index (κ2) is 7.36. The van der Waals surface area contributed by atoms with Crippen LogP contribution < -0.4 is 0 Å². The maximum Gasteiger partial charge on any atom is 0.305 e. The summed E-state index contributed by atoms with van der Waals surface area (Å²) in [5, 5.41) is 8.56. The van der Waals surface area contributed by atoms with Crippen LogP contribution in [-0.2, 0) is 9.53 Å². The zero-order chi connectivity index (χ0) is 12.8. The molecule has 0 aliphatic carbocycles. The number of carbonyl (C=O) groups is 1. The van der Waals surface area contributed by atoms with Crippen LogP contribution in [-0.4, -0.2) is 59.3 Å². The van der Waals surface area contributed by atoms with E-state index in [0.717, 1.165) is 32.0 Å². The summed E-state index contributed by atoms with van der Waals surface area (Å²) in [6, 6.07) is 0.767. The molecule has 0 aromatic heterocycles. The number of hydrogen-bond acceptors (Lipinski definition) is 4. The number of aliphatic carboxylic acids is 1. The van der Waals surface area contributed by atoms with E-state index in [9.17, 15) is 4.79 Å². The van der Waals surface area contributed by atoms with Crippen molar-refractivity contribution >= 4 is 17.7 Å². The largest absolute Gasteiger partial charge is 0.481 e. The van der Waals surface area contributed by atoms with Crippen molar-refractivity contribution in [2.45, 2.75) is 44.2 Å². The fourth-order valence-electron chi connectivity index (χ4n) is 2.73. The topological polar surface area (TPSA) is 49.8 Å². The second-order valence-corrected chi connectivity index (χ2v) is 6.27. The van der Waals surface area contributed by atoms with Gasteiger partial charge in [0.05, 0.1) is 19.1 Å². The van der Waals surface area contributed by atoms with E-state index in [4.69, 9.17) is 9.84 Å². The summed E-state index contributed by atoms with van der Waals surface area (Å²) in [6.07, 6.45) is 5.21. The number of nitrogens with zero attached hydrogens (tertiary/aromatic N) is 1. The van der Waals surface area contributed by atoms with Crippen LogP contribution in [0.2, 0.25) is 0 Å². The number of carboxylic acids is 1. The highest BCUT2D eigenvalue weighted by Gasteiger charge is 2.26. The Hall–Kier alpha value is -0.260. The first kappa shape index (κ1) is 14.2. The van der Waals surface area contributed by atoms with Crippen molar-refractivity contribution in [3.8, 4) is 0 Å². The monoisotopic (exact) mass is 273 g/mol. The van der Waals surface area contributed by atoms with Crippen molar-refractivity contribution in [2.75, 3.05) is 31.2 Å². The van der Waals surface area contributed by atoms with Gasteiger partial charge in [-0.1, -0.05) is 0 Å². The van der Waals surface area contributed by atoms with Gasteiger partial charge in [0.15, 0.2) is 0 Å². The minimum atomic E-state index is -0.772. The van der Waals surface area contributed by atoms with Gasteiger partial charge in [-0.2, -0.15) is 11.8 Å². The number of rotatable bonds is 5. The smallest absolute Gasteiger partial charge is 0.305 e. The third kappa shape index (κ3) is 4.44. The Morgan fingerprint density at radius 3 is 2.72 bits per heavy atom. The van der Waals surface area contributed by atoms with E-state index in [-0.39, 0.29) is 12.5 Å². The van der Waals surface area contributed by atoms with E-state index >= 15 is 0 Å². The van der Waals surface area contributed by atoms with Crippen LogP contribution in [0.3, 0.4) is 0 Å². The molecule has 0 aromatic carbocycles. The zero-order valence-corrected chi connectivity index (χ0v) is 11.7. The average molecular weight is 273 g/mol. The van der Waals surface area contributed by atoms with Gasteiger partial charge in [0, 0.05) is 24.9 Å². The number of piperidine rings is 1. The molecule has 2 rings (SSSR count). The molecule has 2 heterocycles. The molecule has 0 saturated carbocycles.